The molecule has 6 nitrogen and oxygen atoms in total. The number of hydrogen-bond acceptors (Lipinski definition) is 5. The molecule has 0 fully saturated rings. The third-order valence-corrected chi connectivity index (χ3v) is 4.65. The van der Waals surface area contributed by atoms with Gasteiger partial charge in [-0.1, -0.05) is 53.8 Å². The van der Waals surface area contributed by atoms with Crippen molar-refractivity contribution in [2.24, 2.45) is 0 Å². The molecule has 1 heterocycles. The Bertz CT molecular complexity index is 1030. The number of carboxylic acid groups (broad SMARTS) is 1. The van der Waals surface area contributed by atoms with Gasteiger partial charge in [-0.3, -0.25) is 14.4 Å². The van der Waals surface area contributed by atoms with E-state index in [4.69, 9.17) is 5.11 Å². The highest BCUT2D eigenvalue weighted by atomic mass is 32.1. The summed E-state index contributed by atoms with van der Waals surface area (Å²) in [6.45, 7) is -0.634. The number of fused-ring (bicyclic) bond motifs is 1. The molecule has 0 aliphatic carbocycles. The van der Waals surface area contributed by atoms with Gasteiger partial charge in [-0.05, 0) is 17.2 Å². The Labute approximate surface area is 146 Å². The summed E-state index contributed by atoms with van der Waals surface area (Å²) < 4.78 is 0.561. The maximum atomic E-state index is 12.7. The first-order valence-corrected chi connectivity index (χ1v) is 8.15. The van der Waals surface area contributed by atoms with E-state index < -0.39 is 34.5 Å². The normalized spacial score (nSPS) is 10.6. The molecule has 0 radical (unpaired) electrons. The van der Waals surface area contributed by atoms with Gasteiger partial charge in [-0.2, -0.15) is 0 Å². The summed E-state index contributed by atoms with van der Waals surface area (Å²) in [5.41, 5.74) is 0.579. The molecule has 3 N–H and O–H groups in total. The molecule has 2 aromatic carbocycles. The van der Waals surface area contributed by atoms with Crippen LogP contribution in [0.5, 0.6) is 5.06 Å². The van der Waals surface area contributed by atoms with Crippen molar-refractivity contribution in [1.29, 1.82) is 0 Å². The smallest absolute Gasteiger partial charge is 0.322 e. The van der Waals surface area contributed by atoms with Gasteiger partial charge in [-0.15, -0.1) is 0 Å². The molecule has 3 aromatic rings. The Morgan fingerprint density at radius 3 is 2.44 bits per heavy atom. The number of nitrogens with one attached hydrogen (secondary N) is 1. The topological polar surface area (TPSA) is 104 Å². The van der Waals surface area contributed by atoms with Crippen molar-refractivity contribution in [3.05, 3.63) is 64.3 Å². The second kappa shape index (κ2) is 6.74. The quantitative estimate of drug-likeness (QED) is 0.667. The number of rotatable bonds is 4. The first kappa shape index (κ1) is 16.7. The number of amides is 1. The van der Waals surface area contributed by atoms with E-state index in [-0.39, 0.29) is 0 Å². The number of hydrogen-bond donors (Lipinski definition) is 3. The lowest BCUT2D eigenvalue weighted by Gasteiger charge is -2.09. The van der Waals surface area contributed by atoms with Gasteiger partial charge >= 0.3 is 5.97 Å². The van der Waals surface area contributed by atoms with Gasteiger partial charge in [0, 0.05) is 10.1 Å². The van der Waals surface area contributed by atoms with Crippen LogP contribution in [0.1, 0.15) is 10.4 Å². The summed E-state index contributed by atoms with van der Waals surface area (Å²) in [5.74, 6) is -2.15. The summed E-state index contributed by atoms with van der Waals surface area (Å²) in [6.07, 6.45) is 0. The van der Waals surface area contributed by atoms with Crippen LogP contribution in [0.4, 0.5) is 0 Å². The third kappa shape index (κ3) is 3.22. The van der Waals surface area contributed by atoms with Gasteiger partial charge in [0.05, 0.1) is 0 Å². The molecule has 0 atom stereocenters. The van der Waals surface area contributed by atoms with Gasteiger partial charge in [0.15, 0.2) is 5.06 Å². The first-order valence-electron chi connectivity index (χ1n) is 7.33. The highest BCUT2D eigenvalue weighted by molar-refractivity contribution is 7.20. The molecule has 0 bridgehead atoms. The van der Waals surface area contributed by atoms with E-state index in [0.29, 0.717) is 10.1 Å². The zero-order chi connectivity index (χ0) is 18.0. The van der Waals surface area contributed by atoms with Crippen LogP contribution >= 0.6 is 11.3 Å². The van der Waals surface area contributed by atoms with Crippen LogP contribution in [0.25, 0.3) is 21.2 Å². The van der Waals surface area contributed by atoms with Crippen molar-refractivity contribution in [2.45, 2.75) is 0 Å². The minimum atomic E-state index is -1.24. The van der Waals surface area contributed by atoms with Gasteiger partial charge in [0.25, 0.3) is 5.91 Å². The Kier molecular flexibility index (Phi) is 4.49. The Hall–Kier alpha value is -3.19. The summed E-state index contributed by atoms with van der Waals surface area (Å²) in [4.78, 5) is 35.3. The van der Waals surface area contributed by atoms with E-state index in [1.807, 2.05) is 36.4 Å². The molecule has 0 saturated carbocycles. The minimum Gasteiger partial charge on any atom is -0.499 e. The third-order valence-electron chi connectivity index (χ3n) is 3.61. The van der Waals surface area contributed by atoms with Crippen LogP contribution in [0.15, 0.2) is 53.3 Å². The highest BCUT2D eigenvalue weighted by Gasteiger charge is 2.21. The molecular weight excluding hydrogens is 342 g/mol. The molecule has 126 valence electrons. The van der Waals surface area contributed by atoms with Crippen LogP contribution in [-0.4, -0.2) is 28.6 Å². The number of aliphatic carboxylic acids is 1. The molecule has 25 heavy (non-hydrogen) atoms. The molecule has 0 aliphatic heterocycles. The van der Waals surface area contributed by atoms with Gasteiger partial charge in [-0.25, -0.2) is 0 Å². The lowest BCUT2D eigenvalue weighted by molar-refractivity contribution is -0.135. The number of benzene rings is 2. The summed E-state index contributed by atoms with van der Waals surface area (Å²) in [6, 6.07) is 14.5. The van der Waals surface area contributed by atoms with Crippen LogP contribution in [-0.2, 0) is 4.79 Å². The zero-order valence-electron chi connectivity index (χ0n) is 12.9. The number of aromatic hydroxyl groups is 1. The molecule has 7 heteroatoms. The average molecular weight is 355 g/mol. The largest absolute Gasteiger partial charge is 0.499 e. The Morgan fingerprint density at radius 1 is 1.04 bits per heavy atom. The van der Waals surface area contributed by atoms with Crippen LogP contribution in [0.3, 0.4) is 0 Å². The van der Waals surface area contributed by atoms with E-state index in [0.717, 1.165) is 22.5 Å². The lowest BCUT2D eigenvalue weighted by atomic mass is 10.0. The van der Waals surface area contributed by atoms with Crippen LogP contribution in [0, 0.1) is 0 Å². The first-order chi connectivity index (χ1) is 12.0. The van der Waals surface area contributed by atoms with Gasteiger partial charge < -0.3 is 15.5 Å². The lowest BCUT2D eigenvalue weighted by Crippen LogP contribution is -2.32. The van der Waals surface area contributed by atoms with Crippen molar-refractivity contribution in [3.8, 4) is 16.2 Å². The highest BCUT2D eigenvalue weighted by Crippen LogP contribution is 2.35. The summed E-state index contributed by atoms with van der Waals surface area (Å²) >= 11 is 0.914. The maximum Gasteiger partial charge on any atom is 0.322 e. The predicted octanol–water partition coefficient (Wildman–Crippen LogP) is 2.45. The summed E-state index contributed by atoms with van der Waals surface area (Å²) in [7, 11) is 0. The molecule has 0 spiro atoms. The van der Waals surface area contributed by atoms with Crippen molar-refractivity contribution in [3.63, 3.8) is 0 Å². The van der Waals surface area contributed by atoms with E-state index in [1.54, 1.807) is 12.1 Å². The Morgan fingerprint density at radius 2 is 1.76 bits per heavy atom. The minimum absolute atomic E-state index is 0.296. The van der Waals surface area contributed by atoms with Crippen LogP contribution < -0.4 is 10.7 Å². The fraction of sp³-hybridized carbons (Fsp3) is 0.0556. The SMILES string of the molecule is O=C(O)CNC(=O)c1c(O)sc2c(-c3ccccc3)cccc2c1=O. The van der Waals surface area contributed by atoms with Crippen molar-refractivity contribution >= 4 is 33.3 Å². The predicted molar refractivity (Wildman–Crippen MR) is 95.2 cm³/mol. The van der Waals surface area contributed by atoms with E-state index >= 15 is 0 Å². The molecular formula is C18H13NO5S. The average Bonchev–Trinajstić information content (AvgIpc) is 2.60. The van der Waals surface area contributed by atoms with Crippen molar-refractivity contribution in [1.82, 2.24) is 5.32 Å². The molecule has 0 aliphatic rings. The zero-order valence-corrected chi connectivity index (χ0v) is 13.7. The van der Waals surface area contributed by atoms with Crippen molar-refractivity contribution in [2.75, 3.05) is 6.54 Å². The number of carbonyl (C=O) groups excluding carboxylic acids is 1. The van der Waals surface area contributed by atoms with Gasteiger partial charge in [0.2, 0.25) is 5.43 Å². The standard InChI is InChI=1S/C18H13NO5S/c20-13(21)9-19-17(23)14-15(22)12-8-4-7-11(16(12)25-18(14)24)10-5-2-1-3-6-10/h1-8,24H,9H2,(H,19,23)(H,20,21). The van der Waals surface area contributed by atoms with E-state index in [1.165, 1.54) is 0 Å². The van der Waals surface area contributed by atoms with Crippen molar-refractivity contribution < 1.29 is 19.8 Å². The maximum absolute atomic E-state index is 12.7. The number of carboxylic acids is 1. The Balaban J connectivity index is 2.17. The molecule has 0 saturated heterocycles. The molecule has 0 unspecified atom stereocenters. The number of carbonyl (C=O) groups is 2. The molecule has 1 amide bonds. The molecule has 3 rings (SSSR count). The van der Waals surface area contributed by atoms with Gasteiger partial charge in [0.1, 0.15) is 12.1 Å². The second-order valence-corrected chi connectivity index (χ2v) is 6.24. The van der Waals surface area contributed by atoms with E-state index in [2.05, 4.69) is 5.32 Å². The monoisotopic (exact) mass is 355 g/mol. The fourth-order valence-electron chi connectivity index (χ4n) is 2.49. The second-order valence-electron chi connectivity index (χ2n) is 5.24. The van der Waals surface area contributed by atoms with E-state index in [9.17, 15) is 19.5 Å². The molecule has 1 aromatic heterocycles. The fourth-order valence-corrected chi connectivity index (χ4v) is 3.54. The summed E-state index contributed by atoms with van der Waals surface area (Å²) in [5, 5.41) is 20.8. The van der Waals surface area contributed by atoms with Crippen LogP contribution in [0.2, 0.25) is 0 Å².